The van der Waals surface area contributed by atoms with Crippen molar-refractivity contribution in [2.24, 2.45) is 0 Å². The molecule has 0 amide bonds. The Morgan fingerprint density at radius 3 is 0.929 bits per heavy atom. The summed E-state index contributed by atoms with van der Waals surface area (Å²) in [5.74, 6) is -14.7. The molecule has 0 bridgehead atoms. The van der Waals surface area contributed by atoms with Gasteiger partial charge in [-0.2, -0.15) is 47.9 Å². The average molecular weight is 655 g/mol. The summed E-state index contributed by atoms with van der Waals surface area (Å²) in [6.07, 6.45) is 15.7. The minimum Gasteiger partial charge on any atom is -0.324 e. The van der Waals surface area contributed by atoms with Crippen molar-refractivity contribution in [2.45, 2.75) is 154 Å². The van der Waals surface area contributed by atoms with Crippen molar-refractivity contribution in [2.75, 3.05) is 26.2 Å². The standard InChI is InChI=1S/C24H52N.C4HF9O3S/c1-5-9-13-17-21-25(22-18-14-10-6-2,23-19-15-11-7-3)24-20-16-12-8-4;5-1(6,3(9,10)11)2(7,8)4(12,13)17(14,15)16/h5-24H2,1-4H3;(H,14,15,16)/q+1;. The Morgan fingerprint density at radius 2 is 0.738 bits per heavy atom. The summed E-state index contributed by atoms with van der Waals surface area (Å²) in [6, 6.07) is 0. The number of rotatable bonds is 23. The van der Waals surface area contributed by atoms with Crippen molar-refractivity contribution in [3.05, 3.63) is 0 Å². The van der Waals surface area contributed by atoms with Gasteiger partial charge in [0.15, 0.2) is 0 Å². The molecule has 0 aromatic heterocycles. The van der Waals surface area contributed by atoms with E-state index in [1.165, 1.54) is 133 Å². The molecule has 0 unspecified atom stereocenters. The fraction of sp³-hybridized carbons (Fsp3) is 1.00. The molecule has 0 fully saturated rings. The normalized spacial score (nSPS) is 13.7. The third-order valence-electron chi connectivity index (χ3n) is 7.38. The summed E-state index contributed by atoms with van der Waals surface area (Å²) in [7, 11) is -7.17. The van der Waals surface area contributed by atoms with Crippen molar-refractivity contribution in [3.8, 4) is 0 Å². The predicted octanol–water partition coefficient (Wildman–Crippen LogP) is 10.4. The van der Waals surface area contributed by atoms with Gasteiger partial charge in [0, 0.05) is 0 Å². The predicted molar refractivity (Wildman–Crippen MR) is 149 cm³/mol. The first-order chi connectivity index (χ1) is 19.2. The number of quaternary nitrogens is 1. The van der Waals surface area contributed by atoms with E-state index in [9.17, 15) is 47.9 Å². The topological polar surface area (TPSA) is 54.4 Å². The largest absolute Gasteiger partial charge is 0.460 e. The highest BCUT2D eigenvalue weighted by Gasteiger charge is 2.85. The van der Waals surface area contributed by atoms with Crippen LogP contribution in [0.15, 0.2) is 0 Å². The lowest BCUT2D eigenvalue weighted by atomic mass is 10.1. The van der Waals surface area contributed by atoms with E-state index in [0.29, 0.717) is 0 Å². The van der Waals surface area contributed by atoms with Gasteiger partial charge in [-0.3, -0.25) is 4.55 Å². The van der Waals surface area contributed by atoms with Gasteiger partial charge in [0.2, 0.25) is 0 Å². The number of alkyl halides is 9. The first-order valence-electron chi connectivity index (χ1n) is 15.3. The minimum absolute atomic E-state index is 1.36. The molecular weight excluding hydrogens is 601 g/mol. The Bertz CT molecular complexity index is 738. The van der Waals surface area contributed by atoms with E-state index in [0.717, 1.165) is 0 Å². The number of nitrogens with zero attached hydrogens (tertiary/aromatic N) is 1. The minimum atomic E-state index is -7.37. The molecule has 1 N–H and O–H groups in total. The molecule has 0 spiro atoms. The van der Waals surface area contributed by atoms with E-state index in [4.69, 9.17) is 4.55 Å². The van der Waals surface area contributed by atoms with E-state index >= 15 is 0 Å². The molecule has 0 radical (unpaired) electrons. The lowest BCUT2D eigenvalue weighted by molar-refractivity contribution is -0.929. The monoisotopic (exact) mass is 654 g/mol. The first kappa shape index (κ1) is 43.4. The highest BCUT2D eigenvalue weighted by Crippen LogP contribution is 2.54. The van der Waals surface area contributed by atoms with Gasteiger partial charge in [-0.15, -0.1) is 0 Å². The highest BCUT2D eigenvalue weighted by molar-refractivity contribution is 7.87. The molecule has 0 aliphatic rings. The van der Waals surface area contributed by atoms with Gasteiger partial charge < -0.3 is 4.48 Å². The Labute approximate surface area is 247 Å². The van der Waals surface area contributed by atoms with E-state index in [-0.39, 0.29) is 0 Å². The molecule has 0 atom stereocenters. The molecule has 14 heteroatoms. The zero-order valence-electron chi connectivity index (χ0n) is 25.7. The van der Waals surface area contributed by atoms with Crippen LogP contribution in [0.3, 0.4) is 0 Å². The summed E-state index contributed by atoms with van der Waals surface area (Å²) in [6.45, 7) is 15.2. The molecule has 0 rings (SSSR count). The van der Waals surface area contributed by atoms with Crippen molar-refractivity contribution >= 4 is 10.1 Å². The van der Waals surface area contributed by atoms with Crippen LogP contribution in [0.1, 0.15) is 130 Å². The maximum atomic E-state index is 12.2. The maximum absolute atomic E-state index is 12.2. The Balaban J connectivity index is 0. The zero-order chi connectivity index (χ0) is 33.1. The van der Waals surface area contributed by atoms with Crippen LogP contribution < -0.4 is 0 Å². The molecule has 42 heavy (non-hydrogen) atoms. The maximum Gasteiger partial charge on any atom is 0.460 e. The molecule has 0 heterocycles. The number of unbranched alkanes of at least 4 members (excludes halogenated alkanes) is 12. The summed E-state index contributed by atoms with van der Waals surface area (Å²) in [5.41, 5.74) is 0. The van der Waals surface area contributed by atoms with E-state index in [2.05, 4.69) is 27.7 Å². The fourth-order valence-corrected chi connectivity index (χ4v) is 5.14. The van der Waals surface area contributed by atoms with Crippen LogP contribution in [0.5, 0.6) is 0 Å². The Morgan fingerprint density at radius 1 is 0.476 bits per heavy atom. The average Bonchev–Trinajstić information content (AvgIpc) is 2.88. The molecule has 0 aromatic carbocycles. The first-order valence-corrected chi connectivity index (χ1v) is 16.7. The van der Waals surface area contributed by atoms with Gasteiger partial charge in [0.1, 0.15) is 0 Å². The molecular formula is C28H53F9NO3S+. The molecule has 0 aromatic rings. The van der Waals surface area contributed by atoms with E-state index < -0.39 is 33.4 Å². The lowest BCUT2D eigenvalue weighted by Crippen LogP contribution is -2.63. The Hall–Kier alpha value is -0.760. The molecule has 4 nitrogen and oxygen atoms in total. The van der Waals surface area contributed by atoms with Crippen LogP contribution in [0.4, 0.5) is 39.5 Å². The highest BCUT2D eigenvalue weighted by atomic mass is 32.2. The summed E-state index contributed by atoms with van der Waals surface area (Å²) in [5, 5.41) is -7.00. The van der Waals surface area contributed by atoms with Crippen molar-refractivity contribution in [1.29, 1.82) is 0 Å². The van der Waals surface area contributed by atoms with Crippen molar-refractivity contribution in [3.63, 3.8) is 0 Å². The summed E-state index contributed by atoms with van der Waals surface area (Å²) in [4.78, 5) is 0. The molecule has 0 aliphatic carbocycles. The van der Waals surface area contributed by atoms with Gasteiger partial charge in [-0.1, -0.05) is 79.1 Å². The van der Waals surface area contributed by atoms with Gasteiger partial charge in [-0.25, -0.2) is 0 Å². The summed E-state index contributed by atoms with van der Waals surface area (Å²) >= 11 is 0. The van der Waals surface area contributed by atoms with Crippen LogP contribution in [-0.4, -0.2) is 66.9 Å². The second kappa shape index (κ2) is 20.3. The van der Waals surface area contributed by atoms with Crippen LogP contribution in [-0.2, 0) is 10.1 Å². The number of hydrogen-bond acceptors (Lipinski definition) is 2. The second-order valence-corrected chi connectivity index (χ2v) is 12.6. The number of halogens is 9. The molecule has 0 saturated carbocycles. The van der Waals surface area contributed by atoms with Crippen molar-refractivity contribution in [1.82, 2.24) is 0 Å². The zero-order valence-corrected chi connectivity index (χ0v) is 26.5. The van der Waals surface area contributed by atoms with Crippen molar-refractivity contribution < 1.29 is 57.0 Å². The smallest absolute Gasteiger partial charge is 0.324 e. The second-order valence-electron chi connectivity index (χ2n) is 11.1. The quantitative estimate of drug-likeness (QED) is 0.0516. The van der Waals surface area contributed by atoms with E-state index in [1.54, 1.807) is 0 Å². The van der Waals surface area contributed by atoms with Gasteiger partial charge in [0.05, 0.1) is 26.2 Å². The van der Waals surface area contributed by atoms with E-state index in [1.807, 2.05) is 0 Å². The fourth-order valence-electron chi connectivity index (χ4n) is 4.69. The molecule has 256 valence electrons. The summed E-state index contributed by atoms with van der Waals surface area (Å²) < 4.78 is 135. The van der Waals surface area contributed by atoms with Crippen LogP contribution >= 0.6 is 0 Å². The molecule has 0 aliphatic heterocycles. The Kier molecular flexibility index (Phi) is 21.0. The number of hydrogen-bond donors (Lipinski definition) is 1. The molecule has 0 saturated heterocycles. The van der Waals surface area contributed by atoms with Gasteiger partial charge >= 0.3 is 33.4 Å². The van der Waals surface area contributed by atoms with Crippen LogP contribution in [0, 0.1) is 0 Å². The van der Waals surface area contributed by atoms with Gasteiger partial charge in [-0.05, 0) is 51.4 Å². The third kappa shape index (κ3) is 14.3. The van der Waals surface area contributed by atoms with Crippen LogP contribution in [0.25, 0.3) is 0 Å². The van der Waals surface area contributed by atoms with Crippen LogP contribution in [0.2, 0.25) is 0 Å². The van der Waals surface area contributed by atoms with Gasteiger partial charge in [0.25, 0.3) is 0 Å². The lowest BCUT2D eigenvalue weighted by Gasteiger charge is -2.39. The third-order valence-corrected chi connectivity index (χ3v) is 8.29. The SMILES string of the molecule is CCCCCC[N+](CCCCCC)(CCCCCC)CCCCCC.O=S(=O)(O)C(F)(F)C(F)(F)C(F)(F)C(F)(F)F.